The third-order valence-corrected chi connectivity index (χ3v) is 6.98. The molecule has 1 saturated heterocycles. The molecule has 0 saturated carbocycles. The van der Waals surface area contributed by atoms with E-state index in [1.165, 1.54) is 37.4 Å². The number of benzene rings is 2. The van der Waals surface area contributed by atoms with Crippen LogP contribution in [0.5, 0.6) is 5.75 Å². The van der Waals surface area contributed by atoms with Crippen LogP contribution in [0.2, 0.25) is 0 Å². The topological polar surface area (TPSA) is 113 Å². The summed E-state index contributed by atoms with van der Waals surface area (Å²) >= 11 is 0. The first-order chi connectivity index (χ1) is 15.9. The van der Waals surface area contributed by atoms with E-state index >= 15 is 0 Å². The van der Waals surface area contributed by atoms with Crippen molar-refractivity contribution in [3.8, 4) is 5.75 Å². The molecule has 34 heavy (non-hydrogen) atoms. The van der Waals surface area contributed by atoms with E-state index < -0.39 is 27.7 Å². The number of rotatable bonds is 7. The highest BCUT2D eigenvalue weighted by Gasteiger charge is 2.38. The molecule has 0 aromatic heterocycles. The number of hydrogen-bond acceptors (Lipinski definition) is 7. The molecular formula is C24H30N2O7S. The Bertz CT molecular complexity index is 1150. The molecule has 9 nitrogen and oxygen atoms in total. The Kier molecular flexibility index (Phi) is 7.52. The van der Waals surface area contributed by atoms with Gasteiger partial charge in [-0.1, -0.05) is 12.1 Å². The summed E-state index contributed by atoms with van der Waals surface area (Å²) in [6.45, 7) is 6.72. The van der Waals surface area contributed by atoms with E-state index in [4.69, 9.17) is 9.47 Å². The number of nitrogens with zero attached hydrogens (tertiary/aromatic N) is 2. The SMILES string of the molecule is COc1ccc(S(=O)(=O)N(C(=O)OC(C)(C)C)c2c(CN3CCCC3)cccc2C(=O)O)cc1. The van der Waals surface area contributed by atoms with E-state index in [1.807, 2.05) is 0 Å². The predicted octanol–water partition coefficient (Wildman–Crippen LogP) is 4.12. The van der Waals surface area contributed by atoms with Crippen molar-refractivity contribution < 1.29 is 32.6 Å². The summed E-state index contributed by atoms with van der Waals surface area (Å²) in [5.74, 6) is -0.916. The molecule has 0 spiro atoms. The fourth-order valence-electron chi connectivity index (χ4n) is 3.78. The fourth-order valence-corrected chi connectivity index (χ4v) is 5.16. The first-order valence-electron chi connectivity index (χ1n) is 10.9. The minimum Gasteiger partial charge on any atom is -0.497 e. The van der Waals surface area contributed by atoms with Crippen molar-refractivity contribution in [2.24, 2.45) is 0 Å². The third-order valence-electron chi connectivity index (χ3n) is 5.30. The van der Waals surface area contributed by atoms with Gasteiger partial charge in [-0.2, -0.15) is 4.31 Å². The van der Waals surface area contributed by atoms with Crippen molar-refractivity contribution in [1.82, 2.24) is 4.90 Å². The zero-order valence-electron chi connectivity index (χ0n) is 19.8. The molecule has 0 bridgehead atoms. The predicted molar refractivity (Wildman–Crippen MR) is 127 cm³/mol. The molecule has 0 atom stereocenters. The molecule has 2 aromatic rings. The maximum absolute atomic E-state index is 13.8. The standard InChI is InChI=1S/C24H30N2O7S/c1-24(2,3)33-23(29)26(34(30,31)19-12-10-18(32-4)11-13-19)21-17(16-25-14-5-6-15-25)8-7-9-20(21)22(27)28/h7-13H,5-6,14-16H2,1-4H3,(H,27,28). The molecule has 1 N–H and O–H groups in total. The second-order valence-corrected chi connectivity index (χ2v) is 10.8. The van der Waals surface area contributed by atoms with Crippen molar-refractivity contribution >= 4 is 27.8 Å². The number of carbonyl (C=O) groups excluding carboxylic acids is 1. The molecule has 1 aliphatic rings. The van der Waals surface area contributed by atoms with Gasteiger partial charge in [0.1, 0.15) is 11.4 Å². The fraction of sp³-hybridized carbons (Fsp3) is 0.417. The van der Waals surface area contributed by atoms with Crippen LogP contribution in [0.25, 0.3) is 0 Å². The Balaban J connectivity index is 2.23. The molecule has 3 rings (SSSR count). The summed E-state index contributed by atoms with van der Waals surface area (Å²) in [4.78, 5) is 27.4. The molecular weight excluding hydrogens is 460 g/mol. The summed E-state index contributed by atoms with van der Waals surface area (Å²) in [6.07, 6.45) is 0.807. The molecule has 1 heterocycles. The summed E-state index contributed by atoms with van der Waals surface area (Å²) in [6, 6.07) is 9.98. The maximum Gasteiger partial charge on any atom is 0.429 e. The number of carboxylic acid groups (broad SMARTS) is 1. The van der Waals surface area contributed by atoms with Crippen LogP contribution in [0.3, 0.4) is 0 Å². The van der Waals surface area contributed by atoms with E-state index in [0.717, 1.165) is 25.9 Å². The number of carboxylic acids is 1. The van der Waals surface area contributed by atoms with Gasteiger partial charge in [0.2, 0.25) is 0 Å². The van der Waals surface area contributed by atoms with Crippen LogP contribution >= 0.6 is 0 Å². The van der Waals surface area contributed by atoms with Crippen molar-refractivity contribution in [3.63, 3.8) is 0 Å². The Morgan fingerprint density at radius 3 is 2.21 bits per heavy atom. The number of methoxy groups -OCH3 is 1. The molecule has 1 fully saturated rings. The number of anilines is 1. The number of hydrogen-bond donors (Lipinski definition) is 1. The highest BCUT2D eigenvalue weighted by molar-refractivity contribution is 7.93. The summed E-state index contributed by atoms with van der Waals surface area (Å²) in [5, 5.41) is 9.92. The van der Waals surface area contributed by atoms with Crippen LogP contribution in [0.4, 0.5) is 10.5 Å². The van der Waals surface area contributed by atoms with Crippen LogP contribution in [0, 0.1) is 0 Å². The van der Waals surface area contributed by atoms with Crippen molar-refractivity contribution in [2.45, 2.75) is 50.7 Å². The van der Waals surface area contributed by atoms with Crippen LogP contribution in [0.1, 0.15) is 49.5 Å². The van der Waals surface area contributed by atoms with E-state index in [2.05, 4.69) is 4.90 Å². The molecule has 1 aliphatic heterocycles. The second kappa shape index (κ2) is 10.0. The van der Waals surface area contributed by atoms with Crippen LogP contribution in [-0.2, 0) is 21.3 Å². The normalized spacial score (nSPS) is 14.6. The summed E-state index contributed by atoms with van der Waals surface area (Å²) in [7, 11) is -3.09. The van der Waals surface area contributed by atoms with Gasteiger partial charge in [0.15, 0.2) is 0 Å². The molecule has 184 valence electrons. The third kappa shape index (κ3) is 5.68. The minimum atomic E-state index is -4.54. The number of ether oxygens (including phenoxy) is 2. The highest BCUT2D eigenvalue weighted by Crippen LogP contribution is 2.34. The molecule has 0 aliphatic carbocycles. The van der Waals surface area contributed by atoms with Gasteiger partial charge in [-0.05, 0) is 82.6 Å². The number of amides is 1. The second-order valence-electron chi connectivity index (χ2n) is 9.03. The smallest absolute Gasteiger partial charge is 0.429 e. The Morgan fingerprint density at radius 1 is 1.06 bits per heavy atom. The van der Waals surface area contributed by atoms with Crippen molar-refractivity contribution in [1.29, 1.82) is 0 Å². The Labute approximate surface area is 199 Å². The van der Waals surface area contributed by atoms with Crippen molar-refractivity contribution in [2.75, 3.05) is 24.5 Å². The quantitative estimate of drug-likeness (QED) is 0.617. The van der Waals surface area contributed by atoms with E-state index in [1.54, 1.807) is 32.9 Å². The zero-order chi connectivity index (χ0) is 25.1. The van der Waals surface area contributed by atoms with Gasteiger partial charge in [0.05, 0.1) is 23.3 Å². The van der Waals surface area contributed by atoms with E-state index in [0.29, 0.717) is 22.2 Å². The lowest BCUT2D eigenvalue weighted by atomic mass is 10.1. The average Bonchev–Trinajstić information content (AvgIpc) is 3.26. The van der Waals surface area contributed by atoms with Crippen molar-refractivity contribution in [3.05, 3.63) is 53.6 Å². The number of aromatic carboxylic acids is 1. The molecule has 2 aromatic carbocycles. The van der Waals surface area contributed by atoms with Gasteiger partial charge >= 0.3 is 12.1 Å². The Morgan fingerprint density at radius 2 is 1.68 bits per heavy atom. The lowest BCUT2D eigenvalue weighted by Crippen LogP contribution is -2.42. The summed E-state index contributed by atoms with van der Waals surface area (Å²) in [5.41, 5.74) is -1.13. The lowest BCUT2D eigenvalue weighted by Gasteiger charge is -2.30. The highest BCUT2D eigenvalue weighted by atomic mass is 32.2. The number of likely N-dealkylation sites (tertiary alicyclic amines) is 1. The number of sulfonamides is 1. The number of carbonyl (C=O) groups is 2. The van der Waals surface area contributed by atoms with Gasteiger partial charge in [-0.25, -0.2) is 18.0 Å². The van der Waals surface area contributed by atoms with E-state index in [-0.39, 0.29) is 16.1 Å². The van der Waals surface area contributed by atoms with Gasteiger partial charge in [-0.15, -0.1) is 0 Å². The molecule has 1 amide bonds. The maximum atomic E-state index is 13.8. The van der Waals surface area contributed by atoms with Gasteiger partial charge in [0, 0.05) is 6.54 Å². The largest absolute Gasteiger partial charge is 0.497 e. The first-order valence-corrected chi connectivity index (χ1v) is 12.4. The number of para-hydroxylation sites is 1. The van der Waals surface area contributed by atoms with Crippen LogP contribution in [0.15, 0.2) is 47.4 Å². The minimum absolute atomic E-state index is 0.202. The molecule has 0 radical (unpaired) electrons. The monoisotopic (exact) mass is 490 g/mol. The van der Waals surface area contributed by atoms with E-state index in [9.17, 15) is 23.1 Å². The zero-order valence-corrected chi connectivity index (χ0v) is 20.6. The van der Waals surface area contributed by atoms with Crippen LogP contribution in [-0.4, -0.2) is 56.3 Å². The van der Waals surface area contributed by atoms with Crippen LogP contribution < -0.4 is 9.04 Å². The first kappa shape index (κ1) is 25.5. The van der Waals surface area contributed by atoms with Gasteiger partial charge in [0.25, 0.3) is 10.0 Å². The average molecular weight is 491 g/mol. The molecule has 0 unspecified atom stereocenters. The van der Waals surface area contributed by atoms with Gasteiger partial charge in [-0.3, -0.25) is 4.90 Å². The molecule has 10 heteroatoms. The summed E-state index contributed by atoms with van der Waals surface area (Å²) < 4.78 is 38.6. The lowest BCUT2D eigenvalue weighted by molar-refractivity contribution is 0.0608. The Hall–Kier alpha value is -3.11. The van der Waals surface area contributed by atoms with Gasteiger partial charge < -0.3 is 14.6 Å².